The van der Waals surface area contributed by atoms with Crippen molar-refractivity contribution in [1.29, 1.82) is 0 Å². The van der Waals surface area contributed by atoms with Gasteiger partial charge < -0.3 is 5.73 Å². The summed E-state index contributed by atoms with van der Waals surface area (Å²) >= 11 is 5.72. The van der Waals surface area contributed by atoms with Gasteiger partial charge in [0.1, 0.15) is 5.82 Å². The number of likely N-dealkylation sites (tertiary alicyclic amines) is 1. The molecule has 2 rings (SSSR count). The Labute approximate surface area is 113 Å². The molecule has 1 heterocycles. The number of halogens is 2. The fourth-order valence-corrected chi connectivity index (χ4v) is 2.83. The Kier molecular flexibility index (Phi) is 4.25. The smallest absolute Gasteiger partial charge is 0.142 e. The molecule has 0 saturated carbocycles. The van der Waals surface area contributed by atoms with E-state index in [4.69, 9.17) is 17.3 Å². The van der Waals surface area contributed by atoms with E-state index in [1.54, 1.807) is 6.07 Å². The molecule has 0 aliphatic carbocycles. The maximum absolute atomic E-state index is 13.6. The van der Waals surface area contributed by atoms with Crippen LogP contribution in [0.4, 0.5) is 4.39 Å². The largest absolute Gasteiger partial charge is 0.326 e. The maximum atomic E-state index is 13.6. The first-order valence-corrected chi connectivity index (χ1v) is 6.81. The predicted octanol–water partition coefficient (Wildman–Crippen LogP) is 3.21. The fourth-order valence-electron chi connectivity index (χ4n) is 2.71. The highest BCUT2D eigenvalue weighted by atomic mass is 35.5. The van der Waals surface area contributed by atoms with Gasteiger partial charge in [0.15, 0.2) is 0 Å². The van der Waals surface area contributed by atoms with Crippen molar-refractivity contribution < 1.29 is 4.39 Å². The molecule has 1 fully saturated rings. The van der Waals surface area contributed by atoms with E-state index in [2.05, 4.69) is 18.7 Å². The Morgan fingerprint density at radius 3 is 2.83 bits per heavy atom. The van der Waals surface area contributed by atoms with Crippen molar-refractivity contribution in [3.05, 3.63) is 34.6 Å². The van der Waals surface area contributed by atoms with E-state index >= 15 is 0 Å². The lowest BCUT2D eigenvalue weighted by atomic mass is 10.00. The molecular weight excluding hydrogens is 251 g/mol. The summed E-state index contributed by atoms with van der Waals surface area (Å²) in [7, 11) is 0. The molecule has 0 radical (unpaired) electrons. The predicted molar refractivity (Wildman–Crippen MR) is 73.2 cm³/mol. The fraction of sp³-hybridized carbons (Fsp3) is 0.571. The van der Waals surface area contributed by atoms with Crippen molar-refractivity contribution in [3.8, 4) is 0 Å². The second kappa shape index (κ2) is 5.55. The Morgan fingerprint density at radius 2 is 2.22 bits per heavy atom. The van der Waals surface area contributed by atoms with Crippen LogP contribution in [0.25, 0.3) is 0 Å². The van der Waals surface area contributed by atoms with E-state index in [0.29, 0.717) is 5.92 Å². The van der Waals surface area contributed by atoms with Crippen LogP contribution in [0.3, 0.4) is 0 Å². The lowest BCUT2D eigenvalue weighted by Gasteiger charge is -2.28. The van der Waals surface area contributed by atoms with E-state index in [1.807, 2.05) is 6.07 Å². The van der Waals surface area contributed by atoms with Crippen molar-refractivity contribution in [3.63, 3.8) is 0 Å². The minimum Gasteiger partial charge on any atom is -0.326 e. The summed E-state index contributed by atoms with van der Waals surface area (Å²) < 4.78 is 13.6. The molecule has 2 nitrogen and oxygen atoms in total. The molecule has 0 spiro atoms. The Morgan fingerprint density at radius 1 is 1.50 bits per heavy atom. The van der Waals surface area contributed by atoms with Gasteiger partial charge in [-0.15, -0.1) is 0 Å². The molecule has 1 aliphatic heterocycles. The van der Waals surface area contributed by atoms with Crippen molar-refractivity contribution in [2.45, 2.75) is 32.4 Å². The van der Waals surface area contributed by atoms with Crippen molar-refractivity contribution in [2.24, 2.45) is 11.7 Å². The summed E-state index contributed by atoms with van der Waals surface area (Å²) in [6.07, 6.45) is 0.960. The van der Waals surface area contributed by atoms with Gasteiger partial charge >= 0.3 is 0 Å². The minimum absolute atomic E-state index is 0.0734. The molecule has 1 aliphatic rings. The van der Waals surface area contributed by atoms with Crippen LogP contribution in [-0.4, -0.2) is 24.0 Å². The van der Waals surface area contributed by atoms with Crippen LogP contribution in [0.2, 0.25) is 5.02 Å². The van der Waals surface area contributed by atoms with Gasteiger partial charge in [-0.3, -0.25) is 4.90 Å². The highest BCUT2D eigenvalue weighted by molar-refractivity contribution is 6.30. The first kappa shape index (κ1) is 13.8. The number of benzene rings is 1. The van der Waals surface area contributed by atoms with Gasteiger partial charge in [0, 0.05) is 19.1 Å². The zero-order valence-corrected chi connectivity index (χ0v) is 11.6. The van der Waals surface area contributed by atoms with Crippen LogP contribution in [0.1, 0.15) is 31.9 Å². The van der Waals surface area contributed by atoms with E-state index in [1.165, 1.54) is 6.07 Å². The van der Waals surface area contributed by atoms with Crippen molar-refractivity contribution in [1.82, 2.24) is 4.90 Å². The molecular formula is C14H20ClFN2. The molecule has 2 N–H and O–H groups in total. The highest BCUT2D eigenvalue weighted by Gasteiger charge is 2.33. The first-order valence-electron chi connectivity index (χ1n) is 6.43. The number of nitrogens with zero attached hydrogens (tertiary/aromatic N) is 1. The van der Waals surface area contributed by atoms with Crippen LogP contribution in [0.15, 0.2) is 18.2 Å². The number of nitrogens with two attached hydrogens (primary N) is 1. The second-order valence-corrected chi connectivity index (χ2v) is 5.87. The number of rotatable bonds is 3. The molecule has 1 aromatic rings. The highest BCUT2D eigenvalue weighted by Crippen LogP contribution is 2.33. The third kappa shape index (κ3) is 2.85. The summed E-state index contributed by atoms with van der Waals surface area (Å²) in [5.74, 6) is 0.215. The quantitative estimate of drug-likeness (QED) is 0.914. The van der Waals surface area contributed by atoms with Gasteiger partial charge in [0.25, 0.3) is 0 Å². The normalized spacial score (nSPS) is 25.0. The molecule has 18 heavy (non-hydrogen) atoms. The topological polar surface area (TPSA) is 29.3 Å². The summed E-state index contributed by atoms with van der Waals surface area (Å²) in [5.41, 5.74) is 7.10. The zero-order chi connectivity index (χ0) is 13.3. The van der Waals surface area contributed by atoms with Crippen LogP contribution in [0, 0.1) is 11.7 Å². The monoisotopic (exact) mass is 270 g/mol. The van der Waals surface area contributed by atoms with Gasteiger partial charge in [-0.1, -0.05) is 31.5 Å². The average Bonchev–Trinajstić information content (AvgIpc) is 2.63. The Bertz CT molecular complexity index is 422. The van der Waals surface area contributed by atoms with Gasteiger partial charge in [-0.25, -0.2) is 4.39 Å². The van der Waals surface area contributed by atoms with Gasteiger partial charge in [0.2, 0.25) is 0 Å². The van der Waals surface area contributed by atoms with E-state index in [-0.39, 0.29) is 22.9 Å². The van der Waals surface area contributed by atoms with Crippen LogP contribution in [0.5, 0.6) is 0 Å². The third-order valence-electron chi connectivity index (χ3n) is 3.43. The molecule has 1 saturated heterocycles. The summed E-state index contributed by atoms with van der Waals surface area (Å²) in [6.45, 7) is 6.34. The summed E-state index contributed by atoms with van der Waals surface area (Å²) in [5, 5.41) is 0.167. The average molecular weight is 271 g/mol. The Balaban J connectivity index is 2.24. The second-order valence-electron chi connectivity index (χ2n) is 5.46. The minimum atomic E-state index is -0.363. The summed E-state index contributed by atoms with van der Waals surface area (Å²) in [4.78, 5) is 2.35. The number of hydrogen-bond donors (Lipinski definition) is 1. The maximum Gasteiger partial charge on any atom is 0.142 e. The summed E-state index contributed by atoms with van der Waals surface area (Å²) in [6, 6.07) is 5.20. The Hall–Kier alpha value is -0.640. The third-order valence-corrected chi connectivity index (χ3v) is 3.74. The van der Waals surface area contributed by atoms with Crippen molar-refractivity contribution >= 4 is 11.6 Å². The van der Waals surface area contributed by atoms with E-state index < -0.39 is 0 Å². The number of hydrogen-bond acceptors (Lipinski definition) is 2. The van der Waals surface area contributed by atoms with Crippen LogP contribution >= 0.6 is 11.6 Å². The SMILES string of the molecule is CC(C)CN1CCC(N)C1c1ccc(Cl)c(F)c1. The van der Waals surface area contributed by atoms with Gasteiger partial charge in [-0.05, 0) is 30.0 Å². The standard InChI is InChI=1S/C14H20ClFN2/c1-9(2)8-18-6-5-13(17)14(18)10-3-4-11(15)12(16)7-10/h3-4,7,9,13-14H,5-6,8,17H2,1-2H3. The van der Waals surface area contributed by atoms with E-state index in [9.17, 15) is 4.39 Å². The zero-order valence-electron chi connectivity index (χ0n) is 10.9. The lowest BCUT2D eigenvalue weighted by molar-refractivity contribution is 0.221. The molecule has 4 heteroatoms. The molecule has 2 unspecified atom stereocenters. The molecule has 2 atom stereocenters. The molecule has 1 aromatic carbocycles. The molecule has 0 bridgehead atoms. The lowest BCUT2D eigenvalue weighted by Crippen LogP contribution is -2.34. The molecule has 100 valence electrons. The van der Waals surface area contributed by atoms with Crippen molar-refractivity contribution in [2.75, 3.05) is 13.1 Å². The molecule has 0 amide bonds. The molecule has 0 aromatic heterocycles. The first-order chi connectivity index (χ1) is 8.49. The van der Waals surface area contributed by atoms with E-state index in [0.717, 1.165) is 25.1 Å². The van der Waals surface area contributed by atoms with Crippen LogP contribution < -0.4 is 5.73 Å². The van der Waals surface area contributed by atoms with Gasteiger partial charge in [-0.2, -0.15) is 0 Å². The van der Waals surface area contributed by atoms with Gasteiger partial charge in [0.05, 0.1) is 11.1 Å². The van der Waals surface area contributed by atoms with Crippen LogP contribution in [-0.2, 0) is 0 Å².